The molecule has 25 heavy (non-hydrogen) atoms. The highest BCUT2D eigenvalue weighted by molar-refractivity contribution is 5.64. The summed E-state index contributed by atoms with van der Waals surface area (Å²) in [6.07, 6.45) is 5.14. The van der Waals surface area contributed by atoms with Crippen molar-refractivity contribution in [3.8, 4) is 11.5 Å². The van der Waals surface area contributed by atoms with Crippen molar-refractivity contribution in [2.24, 2.45) is 5.92 Å². The van der Waals surface area contributed by atoms with E-state index in [1.807, 2.05) is 20.2 Å². The molecule has 2 aliphatic carbocycles. The number of phenolic OH excluding ortho intramolecular Hbond substituents is 1. The van der Waals surface area contributed by atoms with E-state index in [1.165, 1.54) is 11.1 Å². The lowest BCUT2D eigenvalue weighted by Gasteiger charge is -2.56. The fraction of sp³-hybridized carbons (Fsp3) is 0.600. The van der Waals surface area contributed by atoms with Crippen LogP contribution in [0.1, 0.15) is 23.1 Å². The number of hydrogen-bond acceptors (Lipinski definition) is 5. The minimum absolute atomic E-state index is 0.192. The van der Waals surface area contributed by atoms with Crippen molar-refractivity contribution in [2.75, 3.05) is 27.7 Å². The minimum Gasteiger partial charge on any atom is -0.504 e. The Kier molecular flexibility index (Phi) is 3.13. The molecule has 4 aliphatic rings. The molecule has 5 atom stereocenters. The summed E-state index contributed by atoms with van der Waals surface area (Å²) in [5.74, 6) is 1.24. The van der Waals surface area contributed by atoms with Gasteiger partial charge in [0.15, 0.2) is 11.5 Å². The summed E-state index contributed by atoms with van der Waals surface area (Å²) in [6, 6.07) is 2.60. The Morgan fingerprint density at radius 1 is 1.36 bits per heavy atom. The lowest BCUT2D eigenvalue weighted by Crippen LogP contribution is -2.64. The van der Waals surface area contributed by atoms with Gasteiger partial charge in [0, 0.05) is 35.0 Å². The fourth-order valence-corrected chi connectivity index (χ4v) is 5.83. The van der Waals surface area contributed by atoms with Gasteiger partial charge in [0.2, 0.25) is 0 Å². The second-order valence-corrected chi connectivity index (χ2v) is 8.47. The first kappa shape index (κ1) is 15.7. The van der Waals surface area contributed by atoms with E-state index in [0.29, 0.717) is 24.3 Å². The van der Waals surface area contributed by atoms with Crippen LogP contribution in [-0.2, 0) is 18.4 Å². The van der Waals surface area contributed by atoms with E-state index in [1.54, 1.807) is 0 Å². The third-order valence-corrected chi connectivity index (χ3v) is 6.83. The van der Waals surface area contributed by atoms with E-state index in [2.05, 4.69) is 29.0 Å². The Balaban J connectivity index is 1.76. The summed E-state index contributed by atoms with van der Waals surface area (Å²) in [5, 5.41) is 21.6. The SMILES string of the molecule is CN(C)Cc1cc2c3c(c1O)O[C@H]1[C@@H](O)C=C[C@H]4[C@@H](C2)N(C)CC[C@@]341. The first-order valence-electron chi connectivity index (χ1n) is 9.19. The molecule has 0 unspecified atom stereocenters. The maximum atomic E-state index is 10.9. The molecular weight excluding hydrogens is 316 g/mol. The topological polar surface area (TPSA) is 56.2 Å². The molecule has 2 aliphatic heterocycles. The molecule has 0 saturated carbocycles. The number of likely N-dealkylation sites (tertiary alicyclic amines) is 1. The third-order valence-electron chi connectivity index (χ3n) is 6.83. The maximum Gasteiger partial charge on any atom is 0.166 e. The Bertz CT molecular complexity index is 775. The number of benzene rings is 1. The summed E-state index contributed by atoms with van der Waals surface area (Å²) in [5.41, 5.74) is 3.19. The van der Waals surface area contributed by atoms with E-state index >= 15 is 0 Å². The predicted octanol–water partition coefficient (Wildman–Crippen LogP) is 1.26. The number of piperidine rings is 1. The van der Waals surface area contributed by atoms with E-state index in [4.69, 9.17) is 4.74 Å². The second-order valence-electron chi connectivity index (χ2n) is 8.47. The highest BCUT2D eigenvalue weighted by atomic mass is 16.5. The largest absolute Gasteiger partial charge is 0.504 e. The summed E-state index contributed by atoms with van der Waals surface area (Å²) >= 11 is 0. The Labute approximate surface area is 148 Å². The average molecular weight is 342 g/mol. The molecule has 1 aromatic rings. The number of likely N-dealkylation sites (N-methyl/N-ethyl adjacent to an activating group) is 1. The normalized spacial score (nSPS) is 38.0. The van der Waals surface area contributed by atoms with Gasteiger partial charge >= 0.3 is 0 Å². The van der Waals surface area contributed by atoms with Crippen LogP contribution < -0.4 is 4.74 Å². The molecule has 2 bridgehead atoms. The number of ether oxygens (including phenoxy) is 1. The second kappa shape index (κ2) is 5.00. The molecule has 5 rings (SSSR count). The molecule has 5 nitrogen and oxygen atoms in total. The van der Waals surface area contributed by atoms with Crippen LogP contribution in [-0.4, -0.2) is 66.0 Å². The quantitative estimate of drug-likeness (QED) is 0.793. The van der Waals surface area contributed by atoms with Crippen LogP contribution in [0.4, 0.5) is 0 Å². The van der Waals surface area contributed by atoms with Crippen molar-refractivity contribution in [2.45, 2.75) is 43.1 Å². The molecule has 2 heterocycles. The van der Waals surface area contributed by atoms with Gasteiger partial charge in [-0.25, -0.2) is 0 Å². The van der Waals surface area contributed by atoms with Gasteiger partial charge in [0.1, 0.15) is 12.2 Å². The monoisotopic (exact) mass is 342 g/mol. The highest BCUT2D eigenvalue weighted by Crippen LogP contribution is 2.62. The molecule has 1 saturated heterocycles. The smallest absolute Gasteiger partial charge is 0.166 e. The molecule has 134 valence electrons. The molecule has 1 fully saturated rings. The van der Waals surface area contributed by atoms with E-state index < -0.39 is 6.10 Å². The van der Waals surface area contributed by atoms with Crippen LogP contribution in [0.2, 0.25) is 0 Å². The van der Waals surface area contributed by atoms with Gasteiger partial charge in [-0.2, -0.15) is 0 Å². The zero-order valence-electron chi connectivity index (χ0n) is 15.1. The van der Waals surface area contributed by atoms with Crippen LogP contribution in [0.5, 0.6) is 11.5 Å². The first-order valence-corrected chi connectivity index (χ1v) is 9.19. The molecule has 0 aromatic heterocycles. The molecular formula is C20H26N2O3. The summed E-state index contributed by atoms with van der Waals surface area (Å²) in [6.45, 7) is 1.68. The number of nitrogens with zero attached hydrogens (tertiary/aromatic N) is 2. The fourth-order valence-electron chi connectivity index (χ4n) is 5.83. The van der Waals surface area contributed by atoms with E-state index in [-0.39, 0.29) is 17.3 Å². The predicted molar refractivity (Wildman–Crippen MR) is 95.0 cm³/mol. The average Bonchev–Trinajstić information content (AvgIpc) is 2.91. The third kappa shape index (κ3) is 1.84. The zero-order chi connectivity index (χ0) is 17.5. The number of aliphatic hydroxyl groups is 1. The van der Waals surface area contributed by atoms with Crippen LogP contribution in [0.25, 0.3) is 0 Å². The molecule has 1 aromatic carbocycles. The lowest BCUT2D eigenvalue weighted by molar-refractivity contribution is -0.0453. The summed E-state index contributed by atoms with van der Waals surface area (Å²) < 4.78 is 6.29. The standard InChI is InChI=1S/C20H26N2O3/c1-21(2)10-12-8-11-9-14-13-4-5-15(23)19-20(13,6-7-22(14)3)16(11)18(25-19)17(12)24/h4-5,8,13-15,19,23-24H,6-7,9-10H2,1-3H3/t13-,14+,15-,19-,20-/m0/s1. The van der Waals surface area contributed by atoms with Crippen molar-refractivity contribution in [3.05, 3.63) is 34.9 Å². The number of aromatic hydroxyl groups is 1. The maximum absolute atomic E-state index is 10.9. The summed E-state index contributed by atoms with van der Waals surface area (Å²) in [7, 11) is 6.21. The molecule has 5 heteroatoms. The Morgan fingerprint density at radius 2 is 2.16 bits per heavy atom. The van der Waals surface area contributed by atoms with E-state index in [0.717, 1.165) is 24.9 Å². The van der Waals surface area contributed by atoms with Gasteiger partial charge in [-0.05, 0) is 46.1 Å². The van der Waals surface area contributed by atoms with Crippen molar-refractivity contribution in [1.82, 2.24) is 9.80 Å². The van der Waals surface area contributed by atoms with E-state index in [9.17, 15) is 10.2 Å². The van der Waals surface area contributed by atoms with Crippen LogP contribution in [0.3, 0.4) is 0 Å². The van der Waals surface area contributed by atoms with Crippen molar-refractivity contribution < 1.29 is 14.9 Å². The Hall–Kier alpha value is -1.56. The van der Waals surface area contributed by atoms with Gasteiger partial charge in [-0.1, -0.05) is 18.2 Å². The Morgan fingerprint density at radius 3 is 2.92 bits per heavy atom. The van der Waals surface area contributed by atoms with Gasteiger partial charge in [0.25, 0.3) is 0 Å². The van der Waals surface area contributed by atoms with Crippen LogP contribution in [0.15, 0.2) is 18.2 Å². The van der Waals surface area contributed by atoms with Gasteiger partial charge in [-0.15, -0.1) is 0 Å². The number of hydrogen-bond donors (Lipinski definition) is 2. The van der Waals surface area contributed by atoms with Crippen LogP contribution >= 0.6 is 0 Å². The molecule has 1 spiro atoms. The molecule has 2 N–H and O–H groups in total. The lowest BCUT2D eigenvalue weighted by atomic mass is 9.53. The van der Waals surface area contributed by atoms with Crippen molar-refractivity contribution >= 4 is 0 Å². The zero-order valence-corrected chi connectivity index (χ0v) is 15.1. The first-order chi connectivity index (χ1) is 11.9. The molecule has 0 radical (unpaired) electrons. The van der Waals surface area contributed by atoms with Crippen LogP contribution in [0, 0.1) is 5.92 Å². The van der Waals surface area contributed by atoms with Gasteiger partial charge < -0.3 is 24.7 Å². The number of rotatable bonds is 2. The number of phenols is 1. The minimum atomic E-state index is -0.615. The van der Waals surface area contributed by atoms with Crippen molar-refractivity contribution in [1.29, 1.82) is 0 Å². The van der Waals surface area contributed by atoms with Gasteiger partial charge in [0.05, 0.1) is 0 Å². The van der Waals surface area contributed by atoms with Gasteiger partial charge in [-0.3, -0.25) is 0 Å². The number of aliphatic hydroxyl groups excluding tert-OH is 1. The van der Waals surface area contributed by atoms with Crippen molar-refractivity contribution in [3.63, 3.8) is 0 Å². The molecule has 0 amide bonds. The highest BCUT2D eigenvalue weighted by Gasteiger charge is 2.64. The summed E-state index contributed by atoms with van der Waals surface area (Å²) in [4.78, 5) is 4.51.